The summed E-state index contributed by atoms with van der Waals surface area (Å²) in [6, 6.07) is 0. The van der Waals surface area contributed by atoms with Crippen molar-refractivity contribution in [1.82, 2.24) is 0 Å². The molecule has 1 aliphatic rings. The molecule has 1 fully saturated rings. The van der Waals surface area contributed by atoms with Crippen LogP contribution in [0.2, 0.25) is 0 Å². The van der Waals surface area contributed by atoms with E-state index >= 15 is 0 Å². The first-order valence-corrected chi connectivity index (χ1v) is 7.36. The summed E-state index contributed by atoms with van der Waals surface area (Å²) in [5, 5.41) is 10.7. The Morgan fingerprint density at radius 1 is 1.48 bits per heavy atom. The van der Waals surface area contributed by atoms with Gasteiger partial charge in [0.1, 0.15) is 9.88 Å². The summed E-state index contributed by atoms with van der Waals surface area (Å²) in [5.74, 6) is -1.30. The lowest BCUT2D eigenvalue weighted by Crippen LogP contribution is -2.46. The fourth-order valence-corrected chi connectivity index (χ4v) is 3.70. The SMILES string of the molecule is COC(=O)c1sc(N2CCCC(C)(O)C2)c(C(N)=O)c1N. The molecule has 21 heavy (non-hydrogen) atoms. The largest absolute Gasteiger partial charge is 0.465 e. The average molecular weight is 313 g/mol. The van der Waals surface area contributed by atoms with E-state index in [9.17, 15) is 14.7 Å². The molecule has 0 saturated carbocycles. The topological polar surface area (TPSA) is 119 Å². The van der Waals surface area contributed by atoms with Gasteiger partial charge in [-0.05, 0) is 19.8 Å². The van der Waals surface area contributed by atoms with Gasteiger partial charge in [0, 0.05) is 13.1 Å². The van der Waals surface area contributed by atoms with Crippen molar-refractivity contribution in [3.8, 4) is 0 Å². The molecule has 0 spiro atoms. The van der Waals surface area contributed by atoms with Gasteiger partial charge in [0.15, 0.2) is 0 Å². The van der Waals surface area contributed by atoms with Gasteiger partial charge in [-0.3, -0.25) is 4.79 Å². The first-order valence-electron chi connectivity index (χ1n) is 6.54. The predicted octanol–water partition coefficient (Wildman–Crippen LogP) is 0.567. The number of carbonyl (C=O) groups is 2. The quantitative estimate of drug-likeness (QED) is 0.702. The van der Waals surface area contributed by atoms with Gasteiger partial charge in [0.25, 0.3) is 5.91 Å². The molecule has 1 atom stereocenters. The lowest BCUT2D eigenvalue weighted by Gasteiger charge is -2.37. The monoisotopic (exact) mass is 313 g/mol. The summed E-state index contributed by atoms with van der Waals surface area (Å²) in [6.45, 7) is 2.76. The zero-order valence-corrected chi connectivity index (χ0v) is 12.8. The van der Waals surface area contributed by atoms with Gasteiger partial charge in [-0.1, -0.05) is 0 Å². The normalized spacial score (nSPS) is 22.1. The number of nitrogens with zero attached hydrogens (tertiary/aromatic N) is 1. The molecule has 0 bridgehead atoms. The first kappa shape index (κ1) is 15.6. The van der Waals surface area contributed by atoms with Crippen LogP contribution in [0, 0.1) is 0 Å². The van der Waals surface area contributed by atoms with Gasteiger partial charge in [-0.25, -0.2) is 4.79 Å². The van der Waals surface area contributed by atoms with Gasteiger partial charge in [-0.2, -0.15) is 0 Å². The van der Waals surface area contributed by atoms with Crippen LogP contribution in [0.1, 0.15) is 39.8 Å². The second kappa shape index (κ2) is 5.53. The first-order chi connectivity index (χ1) is 9.76. The van der Waals surface area contributed by atoms with Crippen molar-refractivity contribution in [2.75, 3.05) is 30.8 Å². The third kappa shape index (κ3) is 2.96. The highest BCUT2D eigenvalue weighted by atomic mass is 32.1. The summed E-state index contributed by atoms with van der Waals surface area (Å²) < 4.78 is 4.66. The van der Waals surface area contributed by atoms with E-state index in [-0.39, 0.29) is 16.1 Å². The molecule has 0 aliphatic carbocycles. The molecule has 1 amide bonds. The molecule has 2 heterocycles. The molecule has 1 aromatic rings. The Labute approximate surface area is 126 Å². The Balaban J connectivity index is 2.47. The number of hydrogen-bond donors (Lipinski definition) is 3. The highest BCUT2D eigenvalue weighted by Crippen LogP contribution is 2.40. The number of primary amides is 1. The van der Waals surface area contributed by atoms with Crippen LogP contribution in [0.3, 0.4) is 0 Å². The average Bonchev–Trinajstić information content (AvgIpc) is 2.74. The number of piperidine rings is 1. The van der Waals surface area contributed by atoms with Crippen LogP contribution in [0.5, 0.6) is 0 Å². The third-order valence-corrected chi connectivity index (χ3v) is 4.75. The van der Waals surface area contributed by atoms with Crippen LogP contribution in [-0.4, -0.2) is 42.8 Å². The van der Waals surface area contributed by atoms with Crippen LogP contribution < -0.4 is 16.4 Å². The number of methoxy groups -OCH3 is 1. The van der Waals surface area contributed by atoms with Crippen molar-refractivity contribution < 1.29 is 19.4 Å². The highest BCUT2D eigenvalue weighted by molar-refractivity contribution is 7.19. The molecule has 0 radical (unpaired) electrons. The van der Waals surface area contributed by atoms with Crippen LogP contribution in [0.4, 0.5) is 10.7 Å². The molecule has 1 aromatic heterocycles. The number of carbonyl (C=O) groups excluding carboxylic acids is 2. The molecule has 1 saturated heterocycles. The van der Waals surface area contributed by atoms with E-state index in [0.717, 1.165) is 17.8 Å². The minimum Gasteiger partial charge on any atom is -0.465 e. The number of hydrogen-bond acceptors (Lipinski definition) is 7. The minimum absolute atomic E-state index is 0.0413. The van der Waals surface area contributed by atoms with E-state index in [4.69, 9.17) is 11.5 Å². The standard InChI is InChI=1S/C13H19N3O4S/c1-13(19)4-3-5-16(6-13)11-7(10(15)17)8(14)9(21-11)12(18)20-2/h19H,3-6,14H2,1-2H3,(H2,15,17). The molecule has 8 heteroatoms. The van der Waals surface area contributed by atoms with E-state index in [0.29, 0.717) is 24.5 Å². The molecule has 7 nitrogen and oxygen atoms in total. The summed E-state index contributed by atoms with van der Waals surface area (Å²) >= 11 is 1.07. The molecule has 116 valence electrons. The van der Waals surface area contributed by atoms with Gasteiger partial charge < -0.3 is 26.2 Å². The van der Waals surface area contributed by atoms with Crippen molar-refractivity contribution in [2.45, 2.75) is 25.4 Å². The van der Waals surface area contributed by atoms with E-state index in [1.807, 2.05) is 4.90 Å². The van der Waals surface area contributed by atoms with Gasteiger partial charge >= 0.3 is 5.97 Å². The second-order valence-corrected chi connectivity index (χ2v) is 6.40. The number of nitrogens with two attached hydrogens (primary N) is 2. The predicted molar refractivity (Wildman–Crippen MR) is 80.7 cm³/mol. The fourth-order valence-electron chi connectivity index (χ4n) is 2.53. The molecule has 1 unspecified atom stereocenters. The Kier molecular flexibility index (Phi) is 4.11. The highest BCUT2D eigenvalue weighted by Gasteiger charge is 2.33. The number of nitrogen functional groups attached to an aromatic ring is 1. The van der Waals surface area contributed by atoms with Crippen molar-refractivity contribution in [2.24, 2.45) is 5.73 Å². The van der Waals surface area contributed by atoms with E-state index in [1.54, 1.807) is 6.92 Å². The lowest BCUT2D eigenvalue weighted by atomic mass is 9.95. The lowest BCUT2D eigenvalue weighted by molar-refractivity contribution is 0.0450. The Bertz CT molecular complexity index is 582. The number of anilines is 2. The fraction of sp³-hybridized carbons (Fsp3) is 0.538. The number of aliphatic hydroxyl groups is 1. The smallest absolute Gasteiger partial charge is 0.350 e. The second-order valence-electron chi connectivity index (χ2n) is 5.40. The van der Waals surface area contributed by atoms with Crippen LogP contribution in [0.15, 0.2) is 0 Å². The maximum atomic E-state index is 11.7. The number of β-amino-alcohol motifs (C(OH)–C–C–N with tert-alkyl or cyclic N) is 1. The number of ether oxygens (including phenoxy) is 1. The molecular weight excluding hydrogens is 294 g/mol. The minimum atomic E-state index is -0.850. The summed E-state index contributed by atoms with van der Waals surface area (Å²) in [5.41, 5.74) is 10.6. The van der Waals surface area contributed by atoms with Crippen LogP contribution >= 0.6 is 11.3 Å². The van der Waals surface area contributed by atoms with E-state index in [1.165, 1.54) is 7.11 Å². The molecule has 0 aromatic carbocycles. The zero-order valence-electron chi connectivity index (χ0n) is 12.0. The molecule has 2 rings (SSSR count). The maximum absolute atomic E-state index is 11.7. The molecular formula is C13H19N3O4S. The Hall–Kier alpha value is -1.80. The van der Waals surface area contributed by atoms with Gasteiger partial charge in [-0.15, -0.1) is 11.3 Å². The van der Waals surface area contributed by atoms with E-state index < -0.39 is 17.5 Å². The Morgan fingerprint density at radius 2 is 2.14 bits per heavy atom. The number of thiophene rings is 1. The van der Waals surface area contributed by atoms with Crippen molar-refractivity contribution in [3.05, 3.63) is 10.4 Å². The molecule has 1 aliphatic heterocycles. The van der Waals surface area contributed by atoms with Crippen molar-refractivity contribution >= 4 is 33.9 Å². The number of esters is 1. The van der Waals surface area contributed by atoms with Crippen LogP contribution in [-0.2, 0) is 4.74 Å². The summed E-state index contributed by atoms with van der Waals surface area (Å²) in [6.07, 6.45) is 1.46. The van der Waals surface area contributed by atoms with E-state index in [2.05, 4.69) is 4.74 Å². The summed E-state index contributed by atoms with van der Waals surface area (Å²) in [7, 11) is 1.25. The zero-order chi connectivity index (χ0) is 15.8. The maximum Gasteiger partial charge on any atom is 0.350 e. The Morgan fingerprint density at radius 3 is 2.67 bits per heavy atom. The molecule has 5 N–H and O–H groups in total. The number of rotatable bonds is 3. The van der Waals surface area contributed by atoms with Crippen LogP contribution in [0.25, 0.3) is 0 Å². The number of amides is 1. The third-order valence-electron chi connectivity index (χ3n) is 3.51. The van der Waals surface area contributed by atoms with Crippen molar-refractivity contribution in [1.29, 1.82) is 0 Å². The summed E-state index contributed by atoms with van der Waals surface area (Å²) in [4.78, 5) is 25.4. The van der Waals surface area contributed by atoms with Gasteiger partial charge in [0.05, 0.1) is 24.0 Å². The van der Waals surface area contributed by atoms with Crippen molar-refractivity contribution in [3.63, 3.8) is 0 Å². The van der Waals surface area contributed by atoms with Gasteiger partial charge in [0.2, 0.25) is 0 Å².